The minimum absolute atomic E-state index is 1.26. The van der Waals surface area contributed by atoms with E-state index in [9.17, 15) is 0 Å². The number of nitrogens with zero attached hydrogens (tertiary/aromatic N) is 3. The van der Waals surface area contributed by atoms with Gasteiger partial charge in [0.1, 0.15) is 0 Å². The molecule has 0 amide bonds. The normalized spacial score (nSPS) is 7.80. The fourth-order valence-corrected chi connectivity index (χ4v) is 1.28. The molecule has 0 radical (unpaired) electrons. The van der Waals surface area contributed by atoms with Crippen LogP contribution in [0, 0.1) is 20.8 Å². The molecule has 0 fully saturated rings. The van der Waals surface area contributed by atoms with Crippen LogP contribution in [0.5, 0.6) is 0 Å². The Kier molecular flexibility index (Phi) is 19.3. The van der Waals surface area contributed by atoms with Crippen molar-refractivity contribution in [1.29, 1.82) is 0 Å². The number of hydrogen-bond donors (Lipinski definition) is 0. The zero-order chi connectivity index (χ0) is 19.3. The predicted octanol–water partition coefficient (Wildman–Crippen LogP) is 6.22. The van der Waals surface area contributed by atoms with Crippen LogP contribution in [0.25, 0.3) is 0 Å². The quantitative estimate of drug-likeness (QED) is 0.488. The Morgan fingerprint density at radius 1 is 0.400 bits per heavy atom. The average Bonchev–Trinajstić information content (AvgIpc) is 2.68. The molecule has 0 aromatic carbocycles. The molecule has 0 aliphatic rings. The molecule has 3 heteroatoms. The molecule has 25 heavy (non-hydrogen) atoms. The maximum Gasteiger partial charge on any atom is 0.0270 e. The number of aromatic nitrogens is 3. The van der Waals surface area contributed by atoms with Gasteiger partial charge in [0.2, 0.25) is 0 Å². The van der Waals surface area contributed by atoms with Crippen molar-refractivity contribution >= 4 is 0 Å². The first-order valence-electron chi connectivity index (χ1n) is 8.78. The molecule has 0 atom stereocenters. The van der Waals surface area contributed by atoms with E-state index < -0.39 is 0 Å². The fourth-order valence-electron chi connectivity index (χ4n) is 1.28. The minimum Gasteiger partial charge on any atom is -0.265 e. The molecule has 0 N–H and O–H groups in total. The summed E-state index contributed by atoms with van der Waals surface area (Å²) >= 11 is 0. The zero-order valence-corrected chi connectivity index (χ0v) is 16.8. The summed E-state index contributed by atoms with van der Waals surface area (Å²) in [4.78, 5) is 11.5. The van der Waals surface area contributed by atoms with Gasteiger partial charge in [0.05, 0.1) is 0 Å². The van der Waals surface area contributed by atoms with Crippen molar-refractivity contribution in [3.05, 3.63) is 90.3 Å². The first-order valence-corrected chi connectivity index (χ1v) is 8.78. The highest BCUT2D eigenvalue weighted by molar-refractivity contribution is 5.06. The number of hydrogen-bond acceptors (Lipinski definition) is 3. The van der Waals surface area contributed by atoms with E-state index in [1.807, 2.05) is 84.9 Å². The molecule has 0 saturated carbocycles. The third kappa shape index (κ3) is 17.6. The highest BCUT2D eigenvalue weighted by Gasteiger charge is 1.74. The first-order chi connectivity index (χ1) is 12.2. The lowest BCUT2D eigenvalue weighted by Crippen LogP contribution is -1.68. The third-order valence-electron chi connectivity index (χ3n) is 2.54. The van der Waals surface area contributed by atoms with Crippen LogP contribution in [0.2, 0.25) is 0 Å². The Balaban J connectivity index is 0. The molecular formula is C22H33N3. The molecule has 0 aliphatic carbocycles. The molecule has 0 saturated heterocycles. The van der Waals surface area contributed by atoms with Crippen molar-refractivity contribution in [3.63, 3.8) is 0 Å². The maximum atomic E-state index is 3.85. The highest BCUT2D eigenvalue weighted by atomic mass is 14.6. The summed E-state index contributed by atoms with van der Waals surface area (Å²) in [6.07, 6.45) is 10.7. The molecule has 0 spiro atoms. The van der Waals surface area contributed by atoms with E-state index in [1.165, 1.54) is 16.7 Å². The van der Waals surface area contributed by atoms with Crippen LogP contribution in [-0.4, -0.2) is 15.0 Å². The van der Waals surface area contributed by atoms with Crippen molar-refractivity contribution in [3.8, 4) is 0 Å². The lowest BCUT2D eigenvalue weighted by molar-refractivity contribution is 1.29. The van der Waals surface area contributed by atoms with E-state index in [4.69, 9.17) is 0 Å². The van der Waals surface area contributed by atoms with Crippen molar-refractivity contribution in [2.75, 3.05) is 0 Å². The topological polar surface area (TPSA) is 38.7 Å². The summed E-state index contributed by atoms with van der Waals surface area (Å²) in [7, 11) is 0. The van der Waals surface area contributed by atoms with Gasteiger partial charge >= 0.3 is 0 Å². The van der Waals surface area contributed by atoms with Crippen LogP contribution in [0.1, 0.15) is 44.4 Å². The molecule has 0 aliphatic heterocycles. The maximum absolute atomic E-state index is 3.85. The van der Waals surface area contributed by atoms with Gasteiger partial charge in [-0.1, -0.05) is 27.7 Å². The highest BCUT2D eigenvalue weighted by Crippen LogP contribution is 1.90. The van der Waals surface area contributed by atoms with E-state index in [-0.39, 0.29) is 0 Å². The summed E-state index contributed by atoms with van der Waals surface area (Å²) in [5.41, 5.74) is 3.78. The van der Waals surface area contributed by atoms with E-state index in [2.05, 4.69) is 15.0 Å². The molecule has 0 bridgehead atoms. The van der Waals surface area contributed by atoms with Crippen LogP contribution >= 0.6 is 0 Å². The Hall–Kier alpha value is -2.55. The Labute approximate surface area is 154 Å². The lowest BCUT2D eigenvalue weighted by Gasteiger charge is -1.82. The number of aryl methyl sites for hydroxylation is 3. The smallest absolute Gasteiger partial charge is 0.0270 e. The van der Waals surface area contributed by atoms with Crippen molar-refractivity contribution in [2.45, 2.75) is 48.5 Å². The fraction of sp³-hybridized carbons (Fsp3) is 0.318. The van der Waals surface area contributed by atoms with E-state index in [1.54, 1.807) is 37.2 Å². The summed E-state index contributed by atoms with van der Waals surface area (Å²) in [5, 5.41) is 0. The number of rotatable bonds is 0. The van der Waals surface area contributed by atoms with Crippen molar-refractivity contribution in [2.24, 2.45) is 0 Å². The van der Waals surface area contributed by atoms with Gasteiger partial charge in [0.25, 0.3) is 0 Å². The average molecular weight is 340 g/mol. The van der Waals surface area contributed by atoms with Gasteiger partial charge < -0.3 is 0 Å². The molecule has 136 valence electrons. The van der Waals surface area contributed by atoms with Gasteiger partial charge in [-0.3, -0.25) is 15.0 Å². The van der Waals surface area contributed by atoms with Crippen LogP contribution in [0.4, 0.5) is 0 Å². The first kappa shape index (κ1) is 24.7. The second kappa shape index (κ2) is 19.5. The van der Waals surface area contributed by atoms with Crippen LogP contribution in [0.15, 0.2) is 73.6 Å². The molecule has 3 rings (SSSR count). The minimum atomic E-state index is 1.26. The Bertz CT molecular complexity index is 492. The molecule has 3 aromatic heterocycles. The van der Waals surface area contributed by atoms with Gasteiger partial charge in [0.15, 0.2) is 0 Å². The van der Waals surface area contributed by atoms with E-state index >= 15 is 0 Å². The summed E-state index contributed by atoms with van der Waals surface area (Å²) in [6.45, 7) is 14.1. The third-order valence-corrected chi connectivity index (χ3v) is 2.54. The van der Waals surface area contributed by atoms with E-state index in [0.717, 1.165) is 0 Å². The van der Waals surface area contributed by atoms with Crippen molar-refractivity contribution in [1.82, 2.24) is 15.0 Å². The molecule has 0 unspecified atom stereocenters. The molecule has 3 nitrogen and oxygen atoms in total. The lowest BCUT2D eigenvalue weighted by atomic mass is 10.3. The predicted molar refractivity (Wildman–Crippen MR) is 110 cm³/mol. The summed E-state index contributed by atoms with van der Waals surface area (Å²) < 4.78 is 0. The standard InChI is InChI=1S/3C6H7N.2C2H6/c3*1-6-2-4-7-5-3-6;2*1-2/h3*2-5H,1H3;2*1-2H3. The largest absolute Gasteiger partial charge is 0.265 e. The second-order valence-corrected chi connectivity index (χ2v) is 4.57. The van der Waals surface area contributed by atoms with Gasteiger partial charge in [-0.25, -0.2) is 0 Å². The van der Waals surface area contributed by atoms with Gasteiger partial charge in [-0.2, -0.15) is 0 Å². The molecule has 3 aromatic rings. The summed E-state index contributed by atoms with van der Waals surface area (Å²) in [6, 6.07) is 11.8. The van der Waals surface area contributed by atoms with Gasteiger partial charge in [-0.15, -0.1) is 0 Å². The van der Waals surface area contributed by atoms with Gasteiger partial charge in [-0.05, 0) is 73.9 Å². The molecule has 3 heterocycles. The monoisotopic (exact) mass is 339 g/mol. The Morgan fingerprint density at radius 2 is 0.560 bits per heavy atom. The SMILES string of the molecule is CC.CC.Cc1ccncc1.Cc1ccncc1.Cc1ccncc1. The van der Waals surface area contributed by atoms with Crippen LogP contribution < -0.4 is 0 Å². The molecular weight excluding hydrogens is 306 g/mol. The summed E-state index contributed by atoms with van der Waals surface area (Å²) in [5.74, 6) is 0. The van der Waals surface area contributed by atoms with Crippen LogP contribution in [0.3, 0.4) is 0 Å². The van der Waals surface area contributed by atoms with Gasteiger partial charge in [0, 0.05) is 37.2 Å². The van der Waals surface area contributed by atoms with E-state index in [0.29, 0.717) is 0 Å². The van der Waals surface area contributed by atoms with Crippen LogP contribution in [-0.2, 0) is 0 Å². The zero-order valence-electron chi connectivity index (χ0n) is 16.8. The van der Waals surface area contributed by atoms with Crippen molar-refractivity contribution < 1.29 is 0 Å². The Morgan fingerprint density at radius 3 is 0.640 bits per heavy atom. The second-order valence-electron chi connectivity index (χ2n) is 4.57. The number of pyridine rings is 3.